The molecule has 0 bridgehead atoms. The first kappa shape index (κ1) is 18.4. The van der Waals surface area contributed by atoms with Crippen molar-refractivity contribution < 1.29 is 4.79 Å². The van der Waals surface area contributed by atoms with Gasteiger partial charge in [0.15, 0.2) is 0 Å². The summed E-state index contributed by atoms with van der Waals surface area (Å²) >= 11 is 6.07. The van der Waals surface area contributed by atoms with E-state index in [0.717, 1.165) is 11.3 Å². The van der Waals surface area contributed by atoms with Gasteiger partial charge in [0.25, 0.3) is 11.7 Å². The van der Waals surface area contributed by atoms with Crippen LogP contribution in [0.15, 0.2) is 55.1 Å². The second-order valence-electron chi connectivity index (χ2n) is 6.82. The highest BCUT2D eigenvalue weighted by molar-refractivity contribution is 6.32. The van der Waals surface area contributed by atoms with E-state index in [0.29, 0.717) is 43.5 Å². The van der Waals surface area contributed by atoms with Gasteiger partial charge in [-0.05, 0) is 30.3 Å². The van der Waals surface area contributed by atoms with Gasteiger partial charge in [-0.15, -0.1) is 5.10 Å². The Bertz CT molecular complexity index is 1200. The van der Waals surface area contributed by atoms with Crippen LogP contribution in [0, 0.1) is 0 Å². The van der Waals surface area contributed by atoms with E-state index < -0.39 is 0 Å². The lowest BCUT2D eigenvalue weighted by molar-refractivity contribution is 0.0746. The van der Waals surface area contributed by atoms with Gasteiger partial charge in [-0.3, -0.25) is 9.78 Å². The Balaban J connectivity index is 1.35. The third-order valence-corrected chi connectivity index (χ3v) is 5.33. The molecule has 0 unspecified atom stereocenters. The lowest BCUT2D eigenvalue weighted by atomic mass is 10.2. The molecule has 0 spiro atoms. The topological polar surface area (TPSA) is 92.4 Å². The zero-order valence-corrected chi connectivity index (χ0v) is 16.6. The van der Waals surface area contributed by atoms with Crippen LogP contribution in [0.1, 0.15) is 10.4 Å². The van der Waals surface area contributed by atoms with Crippen LogP contribution < -0.4 is 4.90 Å². The van der Waals surface area contributed by atoms with Crippen molar-refractivity contribution in [3.8, 4) is 11.3 Å². The predicted molar refractivity (Wildman–Crippen MR) is 111 cm³/mol. The average Bonchev–Trinajstić information content (AvgIpc) is 3.24. The molecule has 9 nitrogen and oxygen atoms in total. The van der Waals surface area contributed by atoms with Crippen LogP contribution in [0.4, 0.5) is 5.95 Å². The first-order valence-corrected chi connectivity index (χ1v) is 9.85. The van der Waals surface area contributed by atoms with Crippen molar-refractivity contribution in [3.05, 3.63) is 65.8 Å². The number of carbonyl (C=O) groups excluding carboxylic acids is 1. The van der Waals surface area contributed by atoms with E-state index >= 15 is 0 Å². The molecule has 10 heteroatoms. The van der Waals surface area contributed by atoms with Gasteiger partial charge in [-0.1, -0.05) is 11.6 Å². The maximum atomic E-state index is 12.7. The zero-order chi connectivity index (χ0) is 20.5. The molecule has 1 aliphatic heterocycles. The lowest BCUT2D eigenvalue weighted by Gasteiger charge is -2.34. The molecular weight excluding hydrogens is 404 g/mol. The fourth-order valence-electron chi connectivity index (χ4n) is 3.48. The number of aromatic nitrogens is 6. The number of hydrogen-bond acceptors (Lipinski definition) is 7. The Morgan fingerprint density at radius 3 is 2.57 bits per heavy atom. The van der Waals surface area contributed by atoms with Crippen LogP contribution in [0.25, 0.3) is 17.0 Å². The number of carbonyl (C=O) groups is 1. The molecule has 30 heavy (non-hydrogen) atoms. The van der Waals surface area contributed by atoms with Crippen molar-refractivity contribution in [2.45, 2.75) is 0 Å². The lowest BCUT2D eigenvalue weighted by Crippen LogP contribution is -2.49. The molecule has 0 radical (unpaired) electrons. The summed E-state index contributed by atoms with van der Waals surface area (Å²) in [6, 6.07) is 9.14. The number of nitrogens with zero attached hydrogens (tertiary/aromatic N) is 8. The van der Waals surface area contributed by atoms with Gasteiger partial charge in [-0.25, -0.2) is 9.97 Å². The Kier molecular flexibility index (Phi) is 4.72. The number of amides is 1. The summed E-state index contributed by atoms with van der Waals surface area (Å²) in [5.74, 6) is 0.994. The van der Waals surface area contributed by atoms with Gasteiger partial charge >= 0.3 is 0 Å². The van der Waals surface area contributed by atoms with Gasteiger partial charge in [0.2, 0.25) is 5.95 Å². The minimum absolute atomic E-state index is 0.115. The maximum absolute atomic E-state index is 12.7. The second-order valence-corrected chi connectivity index (χ2v) is 7.17. The van der Waals surface area contributed by atoms with E-state index in [1.807, 2.05) is 18.2 Å². The van der Waals surface area contributed by atoms with Crippen LogP contribution in [0.2, 0.25) is 5.15 Å². The summed E-state index contributed by atoms with van der Waals surface area (Å²) in [4.78, 5) is 33.6. The van der Waals surface area contributed by atoms with E-state index in [4.69, 9.17) is 11.6 Å². The van der Waals surface area contributed by atoms with E-state index in [-0.39, 0.29) is 11.1 Å². The maximum Gasteiger partial charge on any atom is 0.257 e. The number of hydrogen-bond donors (Lipinski definition) is 0. The number of pyridine rings is 2. The highest BCUT2D eigenvalue weighted by Gasteiger charge is 2.26. The van der Waals surface area contributed by atoms with Crippen molar-refractivity contribution >= 4 is 29.2 Å². The molecule has 150 valence electrons. The molecular formula is C20H17ClN8O. The van der Waals surface area contributed by atoms with E-state index in [1.54, 1.807) is 46.3 Å². The van der Waals surface area contributed by atoms with Crippen LogP contribution in [0.3, 0.4) is 0 Å². The van der Waals surface area contributed by atoms with Crippen LogP contribution in [-0.4, -0.2) is 66.5 Å². The summed E-state index contributed by atoms with van der Waals surface area (Å²) in [7, 11) is 0. The molecule has 1 aliphatic rings. The van der Waals surface area contributed by atoms with Gasteiger partial charge in [0, 0.05) is 56.5 Å². The molecule has 1 saturated heterocycles. The fourth-order valence-corrected chi connectivity index (χ4v) is 3.68. The van der Waals surface area contributed by atoms with Crippen LogP contribution in [0.5, 0.6) is 0 Å². The number of fused-ring (bicyclic) bond motifs is 1. The monoisotopic (exact) mass is 420 g/mol. The minimum atomic E-state index is -0.115. The van der Waals surface area contributed by atoms with Gasteiger partial charge in [0.1, 0.15) is 5.15 Å². The van der Waals surface area contributed by atoms with E-state index in [1.165, 1.54) is 0 Å². The molecule has 0 aromatic carbocycles. The van der Waals surface area contributed by atoms with Crippen molar-refractivity contribution in [2.24, 2.45) is 0 Å². The fraction of sp³-hybridized carbons (Fsp3) is 0.200. The summed E-state index contributed by atoms with van der Waals surface area (Å²) in [6.45, 7) is 2.32. The summed E-state index contributed by atoms with van der Waals surface area (Å²) in [6.07, 6.45) is 6.79. The number of piperazine rings is 1. The Labute approximate surface area is 177 Å². The summed E-state index contributed by atoms with van der Waals surface area (Å²) < 4.78 is 1.72. The molecule has 0 aliphatic carbocycles. The van der Waals surface area contributed by atoms with E-state index in [9.17, 15) is 4.79 Å². The van der Waals surface area contributed by atoms with Crippen LogP contribution in [-0.2, 0) is 0 Å². The average molecular weight is 421 g/mol. The standard InChI is InChI=1S/C20H17ClN8O/c21-17-15(4-2-7-23-17)18(30)27-9-11-28(12-10-27)20-25-19-24-8-5-16(29(19)26-20)14-3-1-6-22-13-14/h1-8,13H,9-12H2. The number of anilines is 1. The van der Waals surface area contributed by atoms with Crippen molar-refractivity contribution in [2.75, 3.05) is 31.1 Å². The van der Waals surface area contributed by atoms with Gasteiger partial charge < -0.3 is 9.80 Å². The molecule has 5 rings (SSSR count). The third kappa shape index (κ3) is 3.33. The number of rotatable bonds is 3. The summed E-state index contributed by atoms with van der Waals surface area (Å²) in [5, 5.41) is 4.88. The normalized spacial score (nSPS) is 14.3. The Morgan fingerprint density at radius 1 is 0.967 bits per heavy atom. The zero-order valence-electron chi connectivity index (χ0n) is 15.9. The largest absolute Gasteiger partial charge is 0.336 e. The molecule has 0 saturated carbocycles. The Morgan fingerprint density at radius 2 is 1.80 bits per heavy atom. The quantitative estimate of drug-likeness (QED) is 0.469. The molecule has 0 N–H and O–H groups in total. The minimum Gasteiger partial charge on any atom is -0.336 e. The van der Waals surface area contributed by atoms with Gasteiger partial charge in [0.05, 0.1) is 11.3 Å². The highest BCUT2D eigenvalue weighted by atomic mass is 35.5. The predicted octanol–water partition coefficient (Wildman–Crippen LogP) is 2.20. The molecule has 4 aromatic heterocycles. The smallest absolute Gasteiger partial charge is 0.257 e. The Hall–Kier alpha value is -3.59. The molecule has 1 fully saturated rings. The molecule has 0 atom stereocenters. The highest BCUT2D eigenvalue weighted by Crippen LogP contribution is 2.21. The van der Waals surface area contributed by atoms with Crippen molar-refractivity contribution in [1.29, 1.82) is 0 Å². The van der Waals surface area contributed by atoms with Crippen LogP contribution >= 0.6 is 11.6 Å². The van der Waals surface area contributed by atoms with Gasteiger partial charge in [-0.2, -0.15) is 9.50 Å². The SMILES string of the molecule is O=C(c1cccnc1Cl)N1CCN(c2nc3nccc(-c4cccnc4)n3n2)CC1. The second kappa shape index (κ2) is 7.68. The molecule has 5 heterocycles. The van der Waals surface area contributed by atoms with E-state index in [2.05, 4.69) is 29.9 Å². The molecule has 1 amide bonds. The van der Waals surface area contributed by atoms with Crippen molar-refractivity contribution in [1.82, 2.24) is 34.4 Å². The number of halogens is 1. The first-order valence-electron chi connectivity index (χ1n) is 9.47. The third-order valence-electron chi connectivity index (χ3n) is 5.03. The first-order chi connectivity index (χ1) is 14.7. The summed E-state index contributed by atoms with van der Waals surface area (Å²) in [5.41, 5.74) is 2.22. The van der Waals surface area contributed by atoms with Crippen molar-refractivity contribution in [3.63, 3.8) is 0 Å². The molecule has 4 aromatic rings.